The Bertz CT molecular complexity index is 580. The lowest BCUT2D eigenvalue weighted by atomic mass is 10.1. The molecule has 1 amide bonds. The zero-order valence-electron chi connectivity index (χ0n) is 10.2. The minimum absolute atomic E-state index is 0.208. The molecule has 1 N–H and O–H groups in total. The zero-order chi connectivity index (χ0) is 13.1. The maximum absolute atomic E-state index is 12.9. The Kier molecular flexibility index (Phi) is 3.72. The summed E-state index contributed by atoms with van der Waals surface area (Å²) in [5.41, 5.74) is 2.06. The number of hydrogen-bond acceptors (Lipinski definition) is 3. The molecule has 0 aliphatic rings. The highest BCUT2D eigenvalue weighted by Crippen LogP contribution is 2.11. The highest BCUT2D eigenvalue weighted by molar-refractivity contribution is 7.09. The van der Waals surface area contributed by atoms with Gasteiger partial charge in [0.2, 0.25) is 0 Å². The second-order valence-corrected chi connectivity index (χ2v) is 4.97. The SMILES string of the molecule is Cc1csc(CNC(=O)c2ccc(F)cc2C)n1. The van der Waals surface area contributed by atoms with Crippen LogP contribution in [0, 0.1) is 19.7 Å². The number of benzene rings is 1. The van der Waals surface area contributed by atoms with Gasteiger partial charge in [-0.1, -0.05) is 0 Å². The fourth-order valence-corrected chi connectivity index (χ4v) is 2.33. The summed E-state index contributed by atoms with van der Waals surface area (Å²) >= 11 is 1.51. The molecule has 0 aliphatic heterocycles. The molecule has 0 spiro atoms. The van der Waals surface area contributed by atoms with Crippen LogP contribution < -0.4 is 5.32 Å². The molecule has 0 aliphatic carbocycles. The number of carbonyl (C=O) groups excluding carboxylic acids is 1. The molecule has 5 heteroatoms. The predicted molar refractivity (Wildman–Crippen MR) is 69.2 cm³/mol. The van der Waals surface area contributed by atoms with Crippen molar-refractivity contribution in [1.82, 2.24) is 10.3 Å². The third kappa shape index (κ3) is 2.92. The Morgan fingerprint density at radius 3 is 2.83 bits per heavy atom. The van der Waals surface area contributed by atoms with Crippen LogP contribution >= 0.6 is 11.3 Å². The molecule has 2 rings (SSSR count). The first-order chi connectivity index (χ1) is 8.56. The van der Waals surface area contributed by atoms with Gasteiger partial charge in [-0.3, -0.25) is 4.79 Å². The molecule has 1 aromatic heterocycles. The van der Waals surface area contributed by atoms with Crippen molar-refractivity contribution in [2.75, 3.05) is 0 Å². The van der Waals surface area contributed by atoms with Gasteiger partial charge in [0.15, 0.2) is 0 Å². The zero-order valence-corrected chi connectivity index (χ0v) is 11.0. The number of aromatic nitrogens is 1. The van der Waals surface area contributed by atoms with Crippen LogP contribution in [0.15, 0.2) is 23.6 Å². The number of thiazole rings is 1. The summed E-state index contributed by atoms with van der Waals surface area (Å²) in [6.45, 7) is 4.02. The molecule has 0 radical (unpaired) electrons. The second-order valence-electron chi connectivity index (χ2n) is 4.02. The minimum Gasteiger partial charge on any atom is -0.346 e. The Morgan fingerprint density at radius 1 is 1.44 bits per heavy atom. The lowest BCUT2D eigenvalue weighted by molar-refractivity contribution is 0.0950. The molecule has 2 aromatic rings. The van der Waals surface area contributed by atoms with Gasteiger partial charge in [-0.2, -0.15) is 0 Å². The summed E-state index contributed by atoms with van der Waals surface area (Å²) in [5, 5.41) is 5.57. The molecule has 0 atom stereocenters. The largest absolute Gasteiger partial charge is 0.346 e. The van der Waals surface area contributed by atoms with Crippen LogP contribution in [-0.4, -0.2) is 10.9 Å². The van der Waals surface area contributed by atoms with Crippen molar-refractivity contribution in [3.63, 3.8) is 0 Å². The maximum atomic E-state index is 12.9. The molecule has 3 nitrogen and oxygen atoms in total. The molecule has 1 aromatic carbocycles. The van der Waals surface area contributed by atoms with Crippen LogP contribution in [0.1, 0.15) is 26.6 Å². The van der Waals surface area contributed by atoms with E-state index in [4.69, 9.17) is 0 Å². The summed E-state index contributed by atoms with van der Waals surface area (Å²) in [6.07, 6.45) is 0. The summed E-state index contributed by atoms with van der Waals surface area (Å²) in [5.74, 6) is -0.542. The van der Waals surface area contributed by atoms with Gasteiger partial charge in [-0.25, -0.2) is 9.37 Å². The molecule has 1 heterocycles. The van der Waals surface area contributed by atoms with Crippen LogP contribution in [-0.2, 0) is 6.54 Å². The predicted octanol–water partition coefficient (Wildman–Crippen LogP) is 2.83. The number of rotatable bonds is 3. The summed E-state index contributed by atoms with van der Waals surface area (Å²) in [7, 11) is 0. The van der Waals surface area contributed by atoms with E-state index in [1.54, 1.807) is 6.92 Å². The normalized spacial score (nSPS) is 10.4. The molecule has 0 saturated heterocycles. The minimum atomic E-state index is -0.334. The molecule has 0 unspecified atom stereocenters. The van der Waals surface area contributed by atoms with Crippen molar-refractivity contribution in [3.8, 4) is 0 Å². The average Bonchev–Trinajstić information content (AvgIpc) is 2.72. The smallest absolute Gasteiger partial charge is 0.251 e. The van der Waals surface area contributed by atoms with Crippen molar-refractivity contribution in [3.05, 3.63) is 51.2 Å². The third-order valence-electron chi connectivity index (χ3n) is 2.50. The van der Waals surface area contributed by atoms with Gasteiger partial charge in [0.05, 0.1) is 6.54 Å². The third-order valence-corrected chi connectivity index (χ3v) is 3.47. The van der Waals surface area contributed by atoms with Gasteiger partial charge in [-0.15, -0.1) is 11.3 Å². The van der Waals surface area contributed by atoms with Crippen molar-refractivity contribution in [2.45, 2.75) is 20.4 Å². The fraction of sp³-hybridized carbons (Fsp3) is 0.231. The highest BCUT2D eigenvalue weighted by atomic mass is 32.1. The summed E-state index contributed by atoms with van der Waals surface area (Å²) in [6, 6.07) is 4.13. The number of nitrogens with one attached hydrogen (secondary N) is 1. The molecule has 18 heavy (non-hydrogen) atoms. The van der Waals surface area contributed by atoms with E-state index in [9.17, 15) is 9.18 Å². The first kappa shape index (κ1) is 12.7. The van der Waals surface area contributed by atoms with Crippen molar-refractivity contribution < 1.29 is 9.18 Å². The van der Waals surface area contributed by atoms with Gasteiger partial charge in [0.1, 0.15) is 10.8 Å². The van der Waals surface area contributed by atoms with Gasteiger partial charge < -0.3 is 5.32 Å². The van der Waals surface area contributed by atoms with Crippen LogP contribution in [0.3, 0.4) is 0 Å². The van der Waals surface area contributed by atoms with E-state index in [1.165, 1.54) is 29.5 Å². The number of nitrogens with zero attached hydrogens (tertiary/aromatic N) is 1. The summed E-state index contributed by atoms with van der Waals surface area (Å²) < 4.78 is 12.9. The van der Waals surface area contributed by atoms with E-state index >= 15 is 0 Å². The van der Waals surface area contributed by atoms with E-state index in [-0.39, 0.29) is 11.7 Å². The fourth-order valence-electron chi connectivity index (χ4n) is 1.62. The molecule has 0 bridgehead atoms. The van der Waals surface area contributed by atoms with Crippen molar-refractivity contribution >= 4 is 17.2 Å². The van der Waals surface area contributed by atoms with Gasteiger partial charge in [-0.05, 0) is 37.6 Å². The number of hydrogen-bond donors (Lipinski definition) is 1. The quantitative estimate of drug-likeness (QED) is 0.926. The second kappa shape index (κ2) is 5.27. The Balaban J connectivity index is 2.03. The topological polar surface area (TPSA) is 42.0 Å². The number of carbonyl (C=O) groups is 1. The lowest BCUT2D eigenvalue weighted by Gasteiger charge is -2.06. The number of aryl methyl sites for hydroxylation is 2. The molecular weight excluding hydrogens is 251 g/mol. The first-order valence-electron chi connectivity index (χ1n) is 5.51. The van der Waals surface area contributed by atoms with Crippen LogP contribution in [0.25, 0.3) is 0 Å². The van der Waals surface area contributed by atoms with Crippen molar-refractivity contribution in [1.29, 1.82) is 0 Å². The molecular formula is C13H13FN2OS. The Morgan fingerprint density at radius 2 is 2.22 bits per heavy atom. The molecule has 94 valence electrons. The lowest BCUT2D eigenvalue weighted by Crippen LogP contribution is -2.23. The number of halogens is 1. The van der Waals surface area contributed by atoms with E-state index in [1.807, 2.05) is 12.3 Å². The van der Waals surface area contributed by atoms with Gasteiger partial charge in [0, 0.05) is 16.6 Å². The molecule has 0 fully saturated rings. The van der Waals surface area contributed by atoms with Crippen LogP contribution in [0.2, 0.25) is 0 Å². The van der Waals surface area contributed by atoms with E-state index < -0.39 is 0 Å². The van der Waals surface area contributed by atoms with E-state index in [0.29, 0.717) is 17.7 Å². The van der Waals surface area contributed by atoms with Crippen molar-refractivity contribution in [2.24, 2.45) is 0 Å². The Labute approximate surface area is 109 Å². The average molecular weight is 264 g/mol. The Hall–Kier alpha value is -1.75. The number of amides is 1. The van der Waals surface area contributed by atoms with Gasteiger partial charge in [0.25, 0.3) is 5.91 Å². The monoisotopic (exact) mass is 264 g/mol. The summed E-state index contributed by atoms with van der Waals surface area (Å²) in [4.78, 5) is 16.2. The maximum Gasteiger partial charge on any atom is 0.251 e. The van der Waals surface area contributed by atoms with Crippen LogP contribution in [0.5, 0.6) is 0 Å². The standard InChI is InChI=1S/C13H13FN2OS/c1-8-5-10(14)3-4-11(8)13(17)15-6-12-16-9(2)7-18-12/h3-5,7H,6H2,1-2H3,(H,15,17). The van der Waals surface area contributed by atoms with E-state index in [0.717, 1.165) is 10.7 Å². The van der Waals surface area contributed by atoms with Crippen LogP contribution in [0.4, 0.5) is 4.39 Å². The van der Waals surface area contributed by atoms with E-state index in [2.05, 4.69) is 10.3 Å². The molecule has 0 saturated carbocycles. The first-order valence-corrected chi connectivity index (χ1v) is 6.39. The van der Waals surface area contributed by atoms with Gasteiger partial charge >= 0.3 is 0 Å². The highest BCUT2D eigenvalue weighted by Gasteiger charge is 2.10.